The Morgan fingerprint density at radius 3 is 1.56 bits per heavy atom. The SMILES string of the molecule is CCCO[Si](CCCCI)(OCCC)OCCC. The Kier molecular flexibility index (Phi) is 13.4. The van der Waals surface area contributed by atoms with Crippen molar-refractivity contribution in [2.24, 2.45) is 0 Å². The highest BCUT2D eigenvalue weighted by atomic mass is 127. The average molecular weight is 388 g/mol. The average Bonchev–Trinajstić information content (AvgIpc) is 2.40. The van der Waals surface area contributed by atoms with Gasteiger partial charge in [-0.05, 0) is 36.5 Å². The second-order valence-corrected chi connectivity index (χ2v) is 8.19. The standard InChI is InChI=1S/C13H29IO3Si/c1-4-10-15-18(16-11-5-2,17-12-6-3)13-8-7-9-14/h4-13H2,1-3H3. The van der Waals surface area contributed by atoms with Gasteiger partial charge in [-0.1, -0.05) is 43.4 Å². The van der Waals surface area contributed by atoms with Crippen molar-refractivity contribution in [2.45, 2.75) is 58.9 Å². The molecule has 5 heteroatoms. The largest absolute Gasteiger partial charge is 0.500 e. The van der Waals surface area contributed by atoms with Crippen molar-refractivity contribution in [2.75, 3.05) is 24.2 Å². The molecule has 18 heavy (non-hydrogen) atoms. The van der Waals surface area contributed by atoms with E-state index in [-0.39, 0.29) is 0 Å². The fourth-order valence-electron chi connectivity index (χ4n) is 1.55. The predicted octanol–water partition coefficient (Wildman–Crippen LogP) is 4.42. The van der Waals surface area contributed by atoms with Crippen LogP contribution in [0.3, 0.4) is 0 Å². The molecule has 0 aromatic carbocycles. The lowest BCUT2D eigenvalue weighted by Gasteiger charge is -2.29. The highest BCUT2D eigenvalue weighted by Gasteiger charge is 2.40. The monoisotopic (exact) mass is 388 g/mol. The molecule has 0 heterocycles. The highest BCUT2D eigenvalue weighted by Crippen LogP contribution is 2.20. The van der Waals surface area contributed by atoms with E-state index in [0.29, 0.717) is 0 Å². The first kappa shape index (κ1) is 18.8. The third-order valence-electron chi connectivity index (χ3n) is 2.44. The van der Waals surface area contributed by atoms with Gasteiger partial charge in [0.25, 0.3) is 0 Å². The third kappa shape index (κ3) is 8.85. The molecule has 110 valence electrons. The van der Waals surface area contributed by atoms with Gasteiger partial charge in [-0.25, -0.2) is 0 Å². The fourth-order valence-corrected chi connectivity index (χ4v) is 5.00. The lowest BCUT2D eigenvalue weighted by atomic mass is 10.4. The maximum absolute atomic E-state index is 6.02. The van der Waals surface area contributed by atoms with Crippen LogP contribution in [0.2, 0.25) is 6.04 Å². The lowest BCUT2D eigenvalue weighted by molar-refractivity contribution is 0.0587. The van der Waals surface area contributed by atoms with Crippen molar-refractivity contribution in [1.29, 1.82) is 0 Å². The van der Waals surface area contributed by atoms with Crippen LogP contribution in [0.4, 0.5) is 0 Å². The van der Waals surface area contributed by atoms with Gasteiger partial charge >= 0.3 is 8.80 Å². The van der Waals surface area contributed by atoms with Gasteiger partial charge in [0.1, 0.15) is 0 Å². The van der Waals surface area contributed by atoms with Crippen LogP contribution in [0, 0.1) is 0 Å². The van der Waals surface area contributed by atoms with E-state index >= 15 is 0 Å². The van der Waals surface area contributed by atoms with Gasteiger partial charge in [0, 0.05) is 25.9 Å². The van der Waals surface area contributed by atoms with Crippen LogP contribution >= 0.6 is 22.6 Å². The molecule has 3 nitrogen and oxygen atoms in total. The van der Waals surface area contributed by atoms with Crippen LogP contribution in [0.5, 0.6) is 0 Å². The zero-order valence-corrected chi connectivity index (χ0v) is 15.3. The molecule has 0 spiro atoms. The van der Waals surface area contributed by atoms with Gasteiger partial charge in [-0.3, -0.25) is 0 Å². The molecule has 0 fully saturated rings. The van der Waals surface area contributed by atoms with Crippen molar-refractivity contribution in [3.05, 3.63) is 0 Å². The molecule has 0 radical (unpaired) electrons. The second kappa shape index (κ2) is 12.8. The number of alkyl halides is 1. The third-order valence-corrected chi connectivity index (χ3v) is 6.11. The molecular formula is C13H29IO3Si. The Labute approximate surface area is 127 Å². The summed E-state index contributed by atoms with van der Waals surface area (Å²) in [6.45, 7) is 8.65. The van der Waals surface area contributed by atoms with Crippen LogP contribution in [0.1, 0.15) is 52.9 Å². The molecule has 0 N–H and O–H groups in total. The summed E-state index contributed by atoms with van der Waals surface area (Å²) in [5.74, 6) is 0. The summed E-state index contributed by atoms with van der Waals surface area (Å²) in [5.41, 5.74) is 0. The molecule has 0 saturated heterocycles. The van der Waals surface area contributed by atoms with Crippen LogP contribution in [-0.4, -0.2) is 33.1 Å². The zero-order valence-electron chi connectivity index (χ0n) is 12.2. The molecule has 0 amide bonds. The first-order valence-electron chi connectivity index (χ1n) is 7.22. The van der Waals surface area contributed by atoms with Gasteiger partial charge in [-0.2, -0.15) is 0 Å². The topological polar surface area (TPSA) is 27.7 Å². The Morgan fingerprint density at radius 1 is 0.778 bits per heavy atom. The van der Waals surface area contributed by atoms with E-state index in [1.54, 1.807) is 0 Å². The van der Waals surface area contributed by atoms with E-state index in [4.69, 9.17) is 13.3 Å². The second-order valence-electron chi connectivity index (χ2n) is 4.37. The van der Waals surface area contributed by atoms with Crippen LogP contribution in [0.15, 0.2) is 0 Å². The summed E-state index contributed by atoms with van der Waals surface area (Å²) >= 11 is 2.42. The molecule has 0 atom stereocenters. The highest BCUT2D eigenvalue weighted by molar-refractivity contribution is 14.1. The summed E-state index contributed by atoms with van der Waals surface area (Å²) in [5, 5.41) is 0. The summed E-state index contributed by atoms with van der Waals surface area (Å²) < 4.78 is 19.3. The van der Waals surface area contributed by atoms with E-state index in [1.807, 2.05) is 0 Å². The van der Waals surface area contributed by atoms with Crippen molar-refractivity contribution in [1.82, 2.24) is 0 Å². The zero-order chi connectivity index (χ0) is 13.7. The quantitative estimate of drug-likeness (QED) is 0.202. The van der Waals surface area contributed by atoms with Gasteiger partial charge in [-0.15, -0.1) is 0 Å². The Morgan fingerprint density at radius 2 is 1.22 bits per heavy atom. The molecule has 0 rings (SSSR count). The van der Waals surface area contributed by atoms with E-state index in [2.05, 4.69) is 43.4 Å². The summed E-state index contributed by atoms with van der Waals surface area (Å²) in [6, 6.07) is 0.968. The molecule has 0 aliphatic heterocycles. The van der Waals surface area contributed by atoms with Crippen molar-refractivity contribution < 1.29 is 13.3 Å². The molecule has 0 aromatic heterocycles. The minimum atomic E-state index is -2.40. The minimum Gasteiger partial charge on any atom is -0.373 e. The number of unbranched alkanes of at least 4 members (excludes halogenated alkanes) is 1. The van der Waals surface area contributed by atoms with Crippen molar-refractivity contribution >= 4 is 31.4 Å². The number of hydrogen-bond acceptors (Lipinski definition) is 3. The van der Waals surface area contributed by atoms with Crippen LogP contribution in [0.25, 0.3) is 0 Å². The van der Waals surface area contributed by atoms with E-state index in [0.717, 1.165) is 51.5 Å². The van der Waals surface area contributed by atoms with E-state index < -0.39 is 8.80 Å². The smallest absolute Gasteiger partial charge is 0.373 e. The number of rotatable bonds is 13. The Bertz CT molecular complexity index is 160. The van der Waals surface area contributed by atoms with Crippen molar-refractivity contribution in [3.8, 4) is 0 Å². The fraction of sp³-hybridized carbons (Fsp3) is 1.00. The number of halogens is 1. The normalized spacial score (nSPS) is 12.0. The van der Waals surface area contributed by atoms with Gasteiger partial charge in [0.2, 0.25) is 0 Å². The molecular weight excluding hydrogens is 359 g/mol. The minimum absolute atomic E-state index is 0.754. The van der Waals surface area contributed by atoms with E-state index in [9.17, 15) is 0 Å². The molecule has 0 aromatic rings. The molecule has 0 aliphatic carbocycles. The van der Waals surface area contributed by atoms with Crippen LogP contribution in [-0.2, 0) is 13.3 Å². The summed E-state index contributed by atoms with van der Waals surface area (Å²) in [6.07, 6.45) is 5.42. The lowest BCUT2D eigenvalue weighted by Crippen LogP contribution is -2.46. The molecule has 0 aliphatic rings. The molecule has 0 bridgehead atoms. The van der Waals surface area contributed by atoms with Gasteiger partial charge in [0.15, 0.2) is 0 Å². The summed E-state index contributed by atoms with van der Waals surface area (Å²) in [7, 11) is -2.40. The first-order chi connectivity index (χ1) is 8.74. The van der Waals surface area contributed by atoms with Crippen molar-refractivity contribution in [3.63, 3.8) is 0 Å². The Hall–Kier alpha value is 0.827. The Balaban J connectivity index is 4.41. The number of hydrogen-bond donors (Lipinski definition) is 0. The maximum atomic E-state index is 6.02. The first-order valence-corrected chi connectivity index (χ1v) is 10.7. The maximum Gasteiger partial charge on any atom is 0.500 e. The van der Waals surface area contributed by atoms with Gasteiger partial charge in [0.05, 0.1) is 0 Å². The molecule has 0 unspecified atom stereocenters. The van der Waals surface area contributed by atoms with Gasteiger partial charge < -0.3 is 13.3 Å². The van der Waals surface area contributed by atoms with Crippen LogP contribution < -0.4 is 0 Å². The summed E-state index contributed by atoms with van der Waals surface area (Å²) in [4.78, 5) is 0. The predicted molar refractivity (Wildman–Crippen MR) is 87.4 cm³/mol. The van der Waals surface area contributed by atoms with E-state index in [1.165, 1.54) is 10.8 Å². The molecule has 0 saturated carbocycles.